The second-order valence-electron chi connectivity index (χ2n) is 8.59. The lowest BCUT2D eigenvalue weighted by Gasteiger charge is -2.54. The molecule has 3 heteroatoms. The van der Waals surface area contributed by atoms with E-state index < -0.39 is 0 Å². The van der Waals surface area contributed by atoms with Gasteiger partial charge in [0.05, 0.1) is 6.10 Å². The third-order valence-electron chi connectivity index (χ3n) is 7.41. The molecule has 0 aromatic rings. The Kier molecular flexibility index (Phi) is 4.08. The van der Waals surface area contributed by atoms with E-state index in [4.69, 9.17) is 4.74 Å². The van der Waals surface area contributed by atoms with Crippen LogP contribution >= 0.6 is 0 Å². The standard InChI is InChI=1S/C19H33NO2/c1-6-13(7-2)16-15-10-14-11-19(15,8-9-22-16)17(18(14,4)5)20-12(3)21/h13-17H,6-11H2,1-5H3,(H,20,21)/t14-,15-,16-,17-,19?/m1/s1. The number of rotatable bonds is 4. The van der Waals surface area contributed by atoms with Crippen LogP contribution in [0.1, 0.15) is 66.7 Å². The van der Waals surface area contributed by atoms with Crippen molar-refractivity contribution in [3.8, 4) is 0 Å². The van der Waals surface area contributed by atoms with E-state index in [0.29, 0.717) is 24.0 Å². The Morgan fingerprint density at radius 3 is 2.59 bits per heavy atom. The third kappa shape index (κ3) is 2.15. The van der Waals surface area contributed by atoms with Crippen molar-refractivity contribution in [1.29, 1.82) is 0 Å². The van der Waals surface area contributed by atoms with Crippen LogP contribution in [0.2, 0.25) is 0 Å². The number of ether oxygens (including phenoxy) is 1. The molecule has 3 nitrogen and oxygen atoms in total. The van der Waals surface area contributed by atoms with Crippen molar-refractivity contribution in [2.75, 3.05) is 6.61 Å². The number of amides is 1. The summed E-state index contributed by atoms with van der Waals surface area (Å²) in [5.41, 5.74) is 0.503. The first kappa shape index (κ1) is 16.3. The average molecular weight is 307 g/mol. The fraction of sp³-hybridized carbons (Fsp3) is 0.947. The molecular formula is C19H33NO2. The Labute approximate surface area is 135 Å². The first-order valence-corrected chi connectivity index (χ1v) is 9.25. The van der Waals surface area contributed by atoms with Gasteiger partial charge >= 0.3 is 0 Å². The van der Waals surface area contributed by atoms with Crippen LogP contribution in [0.4, 0.5) is 0 Å². The third-order valence-corrected chi connectivity index (χ3v) is 7.41. The second-order valence-corrected chi connectivity index (χ2v) is 8.59. The molecule has 0 aromatic carbocycles. The van der Waals surface area contributed by atoms with Crippen LogP contribution in [0.5, 0.6) is 0 Å². The minimum Gasteiger partial charge on any atom is -0.378 e. The smallest absolute Gasteiger partial charge is 0.217 e. The molecular weight excluding hydrogens is 274 g/mol. The van der Waals surface area contributed by atoms with Gasteiger partial charge in [-0.1, -0.05) is 40.5 Å². The molecule has 1 saturated heterocycles. The molecule has 3 aliphatic rings. The van der Waals surface area contributed by atoms with E-state index in [2.05, 4.69) is 33.0 Å². The topological polar surface area (TPSA) is 38.3 Å². The predicted molar refractivity (Wildman–Crippen MR) is 88.5 cm³/mol. The molecule has 2 bridgehead atoms. The van der Waals surface area contributed by atoms with Crippen LogP contribution in [0.3, 0.4) is 0 Å². The summed E-state index contributed by atoms with van der Waals surface area (Å²) >= 11 is 0. The molecule has 1 N–H and O–H groups in total. The van der Waals surface area contributed by atoms with Gasteiger partial charge in [-0.2, -0.15) is 0 Å². The van der Waals surface area contributed by atoms with Crippen molar-refractivity contribution >= 4 is 5.91 Å². The molecule has 0 radical (unpaired) electrons. The van der Waals surface area contributed by atoms with Gasteiger partial charge in [0, 0.05) is 19.6 Å². The van der Waals surface area contributed by atoms with Crippen molar-refractivity contribution in [2.24, 2.45) is 28.6 Å². The highest BCUT2D eigenvalue weighted by Gasteiger charge is 2.68. The molecule has 1 amide bonds. The average Bonchev–Trinajstić information content (AvgIpc) is 2.94. The molecule has 126 valence electrons. The number of carbonyl (C=O) groups is 1. The van der Waals surface area contributed by atoms with E-state index >= 15 is 0 Å². The molecule has 5 atom stereocenters. The molecule has 1 spiro atoms. The zero-order valence-electron chi connectivity index (χ0n) is 14.9. The maximum Gasteiger partial charge on any atom is 0.217 e. The maximum absolute atomic E-state index is 11.8. The Balaban J connectivity index is 1.93. The van der Waals surface area contributed by atoms with Gasteiger partial charge in [0.25, 0.3) is 0 Å². The Bertz CT molecular complexity index is 443. The Morgan fingerprint density at radius 2 is 2.00 bits per heavy atom. The van der Waals surface area contributed by atoms with Crippen LogP contribution in [0.15, 0.2) is 0 Å². The van der Waals surface area contributed by atoms with Crippen molar-refractivity contribution in [3.63, 3.8) is 0 Å². The van der Waals surface area contributed by atoms with Crippen molar-refractivity contribution in [3.05, 3.63) is 0 Å². The van der Waals surface area contributed by atoms with E-state index in [0.717, 1.165) is 18.9 Å². The van der Waals surface area contributed by atoms with Gasteiger partial charge in [-0.15, -0.1) is 0 Å². The van der Waals surface area contributed by atoms with Gasteiger partial charge in [0.15, 0.2) is 0 Å². The second kappa shape index (κ2) is 5.51. The highest BCUT2D eigenvalue weighted by Crippen LogP contribution is 2.69. The van der Waals surface area contributed by atoms with E-state index in [1.54, 1.807) is 6.92 Å². The summed E-state index contributed by atoms with van der Waals surface area (Å²) in [7, 11) is 0. The SMILES string of the molecule is CCC(CC)[C@H]1OCCC23C[C@@H](C[C@H]12)C(C)(C)[C@H]3NC(C)=O. The number of hydrogen-bond acceptors (Lipinski definition) is 2. The monoisotopic (exact) mass is 307 g/mol. The highest BCUT2D eigenvalue weighted by molar-refractivity contribution is 5.73. The summed E-state index contributed by atoms with van der Waals surface area (Å²) in [6.07, 6.45) is 6.51. The Hall–Kier alpha value is -0.570. The number of hydrogen-bond donors (Lipinski definition) is 1. The molecule has 3 rings (SSSR count). The van der Waals surface area contributed by atoms with Crippen LogP contribution in [0.25, 0.3) is 0 Å². The zero-order valence-corrected chi connectivity index (χ0v) is 14.9. The highest BCUT2D eigenvalue weighted by atomic mass is 16.5. The number of nitrogens with one attached hydrogen (secondary N) is 1. The lowest BCUT2D eigenvalue weighted by Crippen LogP contribution is -2.60. The Morgan fingerprint density at radius 1 is 1.32 bits per heavy atom. The molecule has 3 fully saturated rings. The zero-order chi connectivity index (χ0) is 16.1. The van der Waals surface area contributed by atoms with Gasteiger partial charge in [0.1, 0.15) is 0 Å². The summed E-state index contributed by atoms with van der Waals surface area (Å²) < 4.78 is 6.29. The number of fused-ring (bicyclic) bond motifs is 1. The minimum absolute atomic E-state index is 0.129. The number of carbonyl (C=O) groups excluding carboxylic acids is 1. The van der Waals surface area contributed by atoms with Gasteiger partial charge in [0.2, 0.25) is 5.91 Å². The summed E-state index contributed by atoms with van der Waals surface area (Å²) in [5, 5.41) is 3.35. The van der Waals surface area contributed by atoms with Crippen LogP contribution in [-0.4, -0.2) is 24.7 Å². The van der Waals surface area contributed by atoms with Crippen LogP contribution < -0.4 is 5.32 Å². The lowest BCUT2D eigenvalue weighted by atomic mass is 9.58. The van der Waals surface area contributed by atoms with Crippen molar-refractivity contribution in [1.82, 2.24) is 5.32 Å². The normalized spacial score (nSPS) is 42.5. The van der Waals surface area contributed by atoms with E-state index in [1.165, 1.54) is 25.7 Å². The summed E-state index contributed by atoms with van der Waals surface area (Å²) in [6.45, 7) is 11.9. The van der Waals surface area contributed by atoms with E-state index in [1.807, 2.05) is 0 Å². The predicted octanol–water partition coefficient (Wildman–Crippen LogP) is 3.77. The van der Waals surface area contributed by atoms with Gasteiger partial charge in [-0.3, -0.25) is 4.79 Å². The summed E-state index contributed by atoms with van der Waals surface area (Å²) in [6, 6.07) is 0.321. The minimum atomic E-state index is 0.129. The fourth-order valence-electron chi connectivity index (χ4n) is 6.26. The summed E-state index contributed by atoms with van der Waals surface area (Å²) in [4.78, 5) is 11.8. The first-order valence-electron chi connectivity index (χ1n) is 9.25. The molecule has 1 unspecified atom stereocenters. The van der Waals surface area contributed by atoms with Crippen molar-refractivity contribution < 1.29 is 9.53 Å². The first-order chi connectivity index (χ1) is 10.4. The van der Waals surface area contributed by atoms with Gasteiger partial charge < -0.3 is 10.1 Å². The van der Waals surface area contributed by atoms with Gasteiger partial charge in [-0.05, 0) is 47.8 Å². The summed E-state index contributed by atoms with van der Waals surface area (Å²) in [5.74, 6) is 2.17. The van der Waals surface area contributed by atoms with Crippen molar-refractivity contribution in [2.45, 2.75) is 78.9 Å². The lowest BCUT2D eigenvalue weighted by molar-refractivity contribution is -0.147. The van der Waals surface area contributed by atoms with Crippen LogP contribution in [0, 0.1) is 28.6 Å². The van der Waals surface area contributed by atoms with E-state index in [-0.39, 0.29) is 16.7 Å². The molecule has 22 heavy (non-hydrogen) atoms. The maximum atomic E-state index is 11.8. The molecule has 2 aliphatic carbocycles. The molecule has 2 saturated carbocycles. The molecule has 1 heterocycles. The van der Waals surface area contributed by atoms with Crippen LogP contribution in [-0.2, 0) is 9.53 Å². The largest absolute Gasteiger partial charge is 0.378 e. The fourth-order valence-corrected chi connectivity index (χ4v) is 6.26. The molecule has 1 aliphatic heterocycles. The van der Waals surface area contributed by atoms with E-state index in [9.17, 15) is 4.79 Å². The quantitative estimate of drug-likeness (QED) is 0.858. The molecule has 0 aromatic heterocycles. The van der Waals surface area contributed by atoms with Gasteiger partial charge in [-0.25, -0.2) is 0 Å².